The van der Waals surface area contributed by atoms with E-state index in [0.29, 0.717) is 64.6 Å². The molecule has 4 aromatic carbocycles. The number of quaternary nitrogens is 1. The predicted octanol–water partition coefficient (Wildman–Crippen LogP) is 0.197. The van der Waals surface area contributed by atoms with Gasteiger partial charge in [-0.2, -0.15) is 0 Å². The van der Waals surface area contributed by atoms with Crippen LogP contribution in [0.15, 0.2) is 109 Å². The number of fused-ring (bicyclic) bond motifs is 16. The molecule has 3 fully saturated rings. The zero-order valence-corrected chi connectivity index (χ0v) is 57.9. The normalized spacial score (nSPS) is 28.0. The summed E-state index contributed by atoms with van der Waals surface area (Å²) in [4.78, 5) is 166. The van der Waals surface area contributed by atoms with Gasteiger partial charge in [0.2, 0.25) is 65.0 Å². The number of aromatic nitrogens is 1. The van der Waals surface area contributed by atoms with E-state index in [1.54, 1.807) is 72.6 Å². The van der Waals surface area contributed by atoms with E-state index in [9.17, 15) is 33.9 Å². The average Bonchev–Trinajstić information content (AvgIpc) is 1.51. The summed E-state index contributed by atoms with van der Waals surface area (Å²) in [6, 6.07) is 15.5. The zero-order valence-electron chi connectivity index (χ0n) is 57.9. The van der Waals surface area contributed by atoms with E-state index in [2.05, 4.69) is 48.3 Å². The monoisotopic (exact) mass is 1400 g/mol. The summed E-state index contributed by atoms with van der Waals surface area (Å²) in [5.41, 5.74) is 5.17. The zero-order chi connectivity index (χ0) is 72.6. The van der Waals surface area contributed by atoms with Gasteiger partial charge in [0.15, 0.2) is 6.04 Å². The van der Waals surface area contributed by atoms with Crippen molar-refractivity contribution in [3.05, 3.63) is 149 Å². The number of hydrogen-bond acceptors (Lipinski definition) is 14. The van der Waals surface area contributed by atoms with Crippen LogP contribution in [0.3, 0.4) is 0 Å². The summed E-state index contributed by atoms with van der Waals surface area (Å²) >= 11 is 0. The number of piperidine rings is 1. The number of amides is 11. The third kappa shape index (κ3) is 16.5. The maximum absolute atomic E-state index is 16.0. The summed E-state index contributed by atoms with van der Waals surface area (Å²) in [5, 5.41) is 34.4. The fraction of sp³-hybridized carbons (Fsp3) is 0.473. The van der Waals surface area contributed by atoms with Gasteiger partial charge in [-0.1, -0.05) is 72.8 Å². The number of carbonyl (C=O) groups excluding carboxylic acids is 11. The van der Waals surface area contributed by atoms with E-state index < -0.39 is 137 Å². The number of methoxy groups -OCH3 is 1. The maximum Gasteiger partial charge on any atom is 0.249 e. The lowest BCUT2D eigenvalue weighted by Crippen LogP contribution is -2.67. The number of ether oxygens (including phenoxy) is 2. The molecular formula is C74H91FN13O14+. The van der Waals surface area contributed by atoms with Gasteiger partial charge in [-0.3, -0.25) is 52.7 Å². The average molecular weight is 1410 g/mol. The molecule has 12 rings (SSSR count). The highest BCUT2D eigenvalue weighted by molar-refractivity contribution is 6.00. The van der Waals surface area contributed by atoms with Crippen molar-refractivity contribution in [3.63, 3.8) is 0 Å². The van der Waals surface area contributed by atoms with Crippen molar-refractivity contribution in [2.75, 3.05) is 46.4 Å². The Morgan fingerprint density at radius 1 is 0.696 bits per heavy atom. The molecule has 1 aromatic heterocycles. The van der Waals surface area contributed by atoms with Gasteiger partial charge in [-0.25, -0.2) is 4.39 Å². The Labute approximate surface area is 589 Å². The molecule has 2 unspecified atom stereocenters. The molecule has 6 aliphatic heterocycles. The lowest BCUT2D eigenvalue weighted by molar-refractivity contribution is -0.370. The molecule has 12 N–H and O–H groups in total. The second-order valence-electron chi connectivity index (χ2n) is 27.7. The number of rotatable bonds is 5. The molecular weight excluding hydrogens is 1310 g/mol. The van der Waals surface area contributed by atoms with E-state index in [4.69, 9.17) is 9.47 Å². The van der Waals surface area contributed by atoms with Gasteiger partial charge in [0, 0.05) is 95.0 Å². The SMILES string of the molecule is COc1ccc(C[C@@H]2NC(=O)[C@H]([C@@H](C)O)NC(=O)C34CCN5C(=O)[C@@H]6Cc7cn(c8ccc(F)cc78)C/C=C/CCCN(Cc7ccc(cc7)CCNC(=O)[C@]7(C)CCCN7C2=O)C(=O)CCC(=O)N[C@@H](C)C(=O)N[C@H](C[NH3+])C(=O)N[C@@H](Cc2cccc(c2)CNC(=O)CO[C@@H]3C54)C(=O)N6)cc1. The summed E-state index contributed by atoms with van der Waals surface area (Å²) in [7, 11) is 1.50. The Bertz CT molecular complexity index is 4050. The fourth-order valence-corrected chi connectivity index (χ4v) is 14.7. The van der Waals surface area contributed by atoms with Crippen molar-refractivity contribution < 1.29 is 77.4 Å². The largest absolute Gasteiger partial charge is 0.497 e. The van der Waals surface area contributed by atoms with Crippen molar-refractivity contribution in [2.24, 2.45) is 5.41 Å². The highest BCUT2D eigenvalue weighted by Gasteiger charge is 2.77. The highest BCUT2D eigenvalue weighted by atomic mass is 19.1. The summed E-state index contributed by atoms with van der Waals surface area (Å²) in [6.07, 6.45) is 3.74. The number of allylic oxidation sites excluding steroid dienone is 2. The quantitative estimate of drug-likeness (QED) is 0.105. The number of nitrogens with one attached hydrogen (secondary N) is 8. The summed E-state index contributed by atoms with van der Waals surface area (Å²) in [5.74, 6) is -7.66. The van der Waals surface area contributed by atoms with Gasteiger partial charge in [0.05, 0.1) is 25.4 Å². The summed E-state index contributed by atoms with van der Waals surface area (Å²) in [6.45, 7) is 4.42. The van der Waals surface area contributed by atoms with Crippen LogP contribution in [-0.2, 0) is 103 Å². The van der Waals surface area contributed by atoms with Gasteiger partial charge >= 0.3 is 0 Å². The van der Waals surface area contributed by atoms with Crippen LogP contribution in [0.5, 0.6) is 5.75 Å². The Balaban J connectivity index is 1.01. The minimum atomic E-state index is -1.75. The van der Waals surface area contributed by atoms with E-state index in [-0.39, 0.29) is 103 Å². The topological polar surface area (TPSA) is 365 Å². The van der Waals surface area contributed by atoms with Crippen molar-refractivity contribution in [2.45, 2.75) is 171 Å². The van der Waals surface area contributed by atoms with Crippen molar-refractivity contribution in [1.82, 2.24) is 61.8 Å². The van der Waals surface area contributed by atoms with Crippen LogP contribution in [0.25, 0.3) is 10.9 Å². The lowest BCUT2D eigenvalue weighted by Gasteiger charge is -2.37. The molecule has 542 valence electrons. The fourth-order valence-electron chi connectivity index (χ4n) is 14.7. The molecule has 7 aliphatic rings. The van der Waals surface area contributed by atoms with Crippen molar-refractivity contribution >= 4 is 75.9 Å². The maximum atomic E-state index is 16.0. The minimum absolute atomic E-state index is 0.0408. The first kappa shape index (κ1) is 73.2. The molecule has 5 aromatic rings. The smallest absolute Gasteiger partial charge is 0.249 e. The molecule has 0 spiro atoms. The molecule has 11 amide bonds. The van der Waals surface area contributed by atoms with Crippen LogP contribution < -0.4 is 53.0 Å². The molecule has 1 saturated carbocycles. The first-order chi connectivity index (χ1) is 49.0. The first-order valence-electron chi connectivity index (χ1n) is 35.0. The van der Waals surface area contributed by atoms with Gasteiger partial charge in [-0.15, -0.1) is 0 Å². The second kappa shape index (κ2) is 31.9. The van der Waals surface area contributed by atoms with E-state index in [0.717, 1.165) is 11.1 Å². The molecule has 28 heteroatoms. The molecule has 11 atom stereocenters. The van der Waals surface area contributed by atoms with E-state index in [1.807, 2.05) is 41.0 Å². The molecule has 7 heterocycles. The predicted molar refractivity (Wildman–Crippen MR) is 369 cm³/mol. The van der Waals surface area contributed by atoms with Gasteiger partial charge in [0.25, 0.3) is 0 Å². The van der Waals surface area contributed by atoms with Crippen LogP contribution in [0, 0.1) is 11.2 Å². The molecule has 102 heavy (non-hydrogen) atoms. The third-order valence-electron chi connectivity index (χ3n) is 20.6. The van der Waals surface area contributed by atoms with Crippen LogP contribution >= 0.6 is 0 Å². The Morgan fingerprint density at radius 2 is 1.44 bits per heavy atom. The summed E-state index contributed by atoms with van der Waals surface area (Å²) < 4.78 is 29.3. The molecule has 27 nitrogen and oxygen atoms in total. The Kier molecular flexibility index (Phi) is 22.9. The van der Waals surface area contributed by atoms with E-state index >= 15 is 28.4 Å². The number of aliphatic hydroxyl groups is 1. The van der Waals surface area contributed by atoms with Gasteiger partial charge < -0.3 is 82.1 Å². The first-order valence-corrected chi connectivity index (χ1v) is 35.0. The van der Waals surface area contributed by atoms with Crippen molar-refractivity contribution in [1.29, 1.82) is 0 Å². The Hall–Kier alpha value is -10.1. The molecule has 1 aliphatic carbocycles. The van der Waals surface area contributed by atoms with Crippen LogP contribution in [0.2, 0.25) is 0 Å². The van der Waals surface area contributed by atoms with E-state index in [1.165, 1.54) is 42.9 Å². The standard InChI is InChI=1S/C74H90FN13O14/c1-43-65(93)83-57(38-76)67(95)80-54-35-48-11-9-12-49(33-48)39-78-60(91)42-102-64-63-74(64)27-32-87(63)69(97)56(81-66(54)94)36-50-41-85(58-22-19-51(75)37-53(50)58)29-7-5-6-8-30-86(61(92)24-23-59(90)79-43)40-47-15-13-45(14-16-47)25-28-77-71(99)73(3)26-10-31-88(73)70(98)55(34-46-17-20-52(101-4)21-18-46)82-68(96)62(44(2)89)84-72(74)100/h5,7,9,11-22,33,37,41,43-44,54-57,62-64,89H,6,8,10,23-32,34-36,38-40,42,76H2,1-4H3,(H,77,99)(H,78,91)(H,79,90)(H,80,95)(H,81,94)(H,82,96)(H,83,93)(H,84,100)/p+1/b7-5+/t43-,44+,54-,55-,56-,57+,62-,63?,64+,73-,74?/m0/s1. The van der Waals surface area contributed by atoms with Crippen LogP contribution in [-0.4, -0.2) is 196 Å². The molecule has 0 radical (unpaired) electrons. The Morgan fingerprint density at radius 3 is 2.20 bits per heavy atom. The lowest BCUT2D eigenvalue weighted by atomic mass is 9.95. The van der Waals surface area contributed by atoms with Gasteiger partial charge in [-0.05, 0) is 123 Å². The number of hydrogen-bond donors (Lipinski definition) is 10. The number of carbonyl (C=O) groups is 11. The number of nitrogens with zero attached hydrogens (tertiary/aromatic N) is 4. The minimum Gasteiger partial charge on any atom is -0.497 e. The molecule has 12 bridgehead atoms. The van der Waals surface area contributed by atoms with Crippen LogP contribution in [0.4, 0.5) is 4.39 Å². The van der Waals surface area contributed by atoms with Gasteiger partial charge in [0.1, 0.15) is 65.9 Å². The number of aliphatic hydroxyl groups excluding tert-OH is 1. The highest BCUT2D eigenvalue weighted by Crippen LogP contribution is 2.59. The van der Waals surface area contributed by atoms with Crippen molar-refractivity contribution in [3.8, 4) is 5.75 Å². The number of benzene rings is 4. The third-order valence-corrected chi connectivity index (χ3v) is 20.6. The number of halogens is 1. The molecule has 2 saturated heterocycles. The second-order valence-corrected chi connectivity index (χ2v) is 27.7. The van der Waals surface area contributed by atoms with Crippen LogP contribution in [0.1, 0.15) is 99.1 Å².